The second-order valence-corrected chi connectivity index (χ2v) is 5.34. The zero-order valence-corrected chi connectivity index (χ0v) is 13.5. The molecule has 0 aliphatic rings. The largest absolute Gasteiger partial charge is 0.378 e. The number of anilines is 1. The van der Waals surface area contributed by atoms with Gasteiger partial charge in [0.05, 0.1) is 16.6 Å². The van der Waals surface area contributed by atoms with Gasteiger partial charge < -0.3 is 4.90 Å². The highest BCUT2D eigenvalue weighted by atomic mass is 16.6. The van der Waals surface area contributed by atoms with E-state index in [1.54, 1.807) is 24.3 Å². The first-order chi connectivity index (χ1) is 11.5. The third-order valence-corrected chi connectivity index (χ3v) is 3.45. The molecule has 0 aliphatic heterocycles. The quantitative estimate of drug-likeness (QED) is 0.357. The van der Waals surface area contributed by atoms with Gasteiger partial charge in [0.1, 0.15) is 0 Å². The van der Waals surface area contributed by atoms with E-state index in [1.165, 1.54) is 12.1 Å². The summed E-state index contributed by atoms with van der Waals surface area (Å²) in [5.41, 5.74) is 2.99. The molecule has 2 aromatic carbocycles. The topological polar surface area (TPSA) is 70.2 Å². The average molecular weight is 319 g/mol. The summed E-state index contributed by atoms with van der Waals surface area (Å²) in [6, 6.07) is 16.1. The van der Waals surface area contributed by atoms with E-state index in [-0.39, 0.29) is 5.69 Å². The average Bonchev–Trinajstić information content (AvgIpc) is 2.59. The Balaban J connectivity index is 2.20. The number of hydrogen-bond donors (Lipinski definition) is 0. The maximum atomic E-state index is 10.8. The first kappa shape index (κ1) is 17.0. The Hall–Kier alpha value is -3.39. The Kier molecular flexibility index (Phi) is 5.48. The Morgan fingerprint density at radius 3 is 2.50 bits per heavy atom. The molecule has 5 nitrogen and oxygen atoms in total. The van der Waals surface area contributed by atoms with E-state index in [1.807, 2.05) is 49.3 Å². The predicted octanol–water partition coefficient (Wildman–Crippen LogP) is 4.28. The molecule has 0 bridgehead atoms. The fourth-order valence-electron chi connectivity index (χ4n) is 2.12. The molecule has 2 aromatic rings. The zero-order chi connectivity index (χ0) is 17.5. The molecule has 0 atom stereocenters. The smallest absolute Gasteiger partial charge is 0.270 e. The number of nitrogens with zero attached hydrogens (tertiary/aromatic N) is 3. The monoisotopic (exact) mass is 319 g/mol. The molecule has 0 aliphatic carbocycles. The van der Waals surface area contributed by atoms with Crippen LogP contribution in [0.3, 0.4) is 0 Å². The summed E-state index contributed by atoms with van der Waals surface area (Å²) in [6.45, 7) is 0. The second-order valence-electron chi connectivity index (χ2n) is 5.34. The summed E-state index contributed by atoms with van der Waals surface area (Å²) in [4.78, 5) is 12.4. The molecule has 2 rings (SSSR count). The van der Waals surface area contributed by atoms with Gasteiger partial charge in [-0.1, -0.05) is 36.4 Å². The van der Waals surface area contributed by atoms with Crippen LogP contribution in [0.2, 0.25) is 0 Å². The number of allylic oxidation sites excluding steroid dienone is 3. The number of benzene rings is 2. The van der Waals surface area contributed by atoms with Crippen LogP contribution in [0.5, 0.6) is 0 Å². The van der Waals surface area contributed by atoms with E-state index >= 15 is 0 Å². The molecule has 0 N–H and O–H groups in total. The van der Waals surface area contributed by atoms with Gasteiger partial charge in [-0.05, 0) is 29.3 Å². The van der Waals surface area contributed by atoms with E-state index in [0.717, 1.165) is 11.3 Å². The highest BCUT2D eigenvalue weighted by Gasteiger charge is 2.07. The number of hydrogen-bond acceptors (Lipinski definition) is 4. The summed E-state index contributed by atoms with van der Waals surface area (Å²) in [7, 11) is 3.96. The molecular formula is C19H17N3O2. The van der Waals surface area contributed by atoms with Crippen LogP contribution in [0.1, 0.15) is 11.1 Å². The van der Waals surface area contributed by atoms with Crippen molar-refractivity contribution >= 4 is 23.0 Å². The summed E-state index contributed by atoms with van der Waals surface area (Å²) >= 11 is 0. The molecule has 120 valence electrons. The minimum absolute atomic E-state index is 0.0306. The molecule has 0 saturated heterocycles. The van der Waals surface area contributed by atoms with Gasteiger partial charge in [0.25, 0.3) is 5.69 Å². The Morgan fingerprint density at radius 2 is 1.92 bits per heavy atom. The lowest BCUT2D eigenvalue weighted by atomic mass is 10.1. The summed E-state index contributed by atoms with van der Waals surface area (Å²) in [5, 5.41) is 20.1. The van der Waals surface area contributed by atoms with Crippen LogP contribution < -0.4 is 4.90 Å². The van der Waals surface area contributed by atoms with E-state index in [0.29, 0.717) is 11.1 Å². The minimum atomic E-state index is -0.472. The third-order valence-electron chi connectivity index (χ3n) is 3.45. The molecule has 24 heavy (non-hydrogen) atoms. The van der Waals surface area contributed by atoms with Crippen LogP contribution in [0.4, 0.5) is 11.4 Å². The van der Waals surface area contributed by atoms with Crippen LogP contribution in [0.25, 0.3) is 11.6 Å². The van der Waals surface area contributed by atoms with Crippen molar-refractivity contribution in [2.75, 3.05) is 19.0 Å². The number of non-ortho nitro benzene ring substituents is 1. The summed E-state index contributed by atoms with van der Waals surface area (Å²) < 4.78 is 0. The van der Waals surface area contributed by atoms with E-state index in [4.69, 9.17) is 0 Å². The van der Waals surface area contributed by atoms with Gasteiger partial charge in [0.2, 0.25) is 0 Å². The normalized spacial score (nSPS) is 11.3. The third kappa shape index (κ3) is 4.31. The van der Waals surface area contributed by atoms with E-state index in [2.05, 4.69) is 6.07 Å². The SMILES string of the molecule is CN(C)c1ccc(/C=C/C=C(/C#N)c2cccc([N+](=O)[O-])c2)cc1. The van der Waals surface area contributed by atoms with Gasteiger partial charge in [-0.15, -0.1) is 0 Å². The van der Waals surface area contributed by atoms with Crippen molar-refractivity contribution in [1.82, 2.24) is 0 Å². The Morgan fingerprint density at radius 1 is 1.21 bits per heavy atom. The number of rotatable bonds is 5. The van der Waals surface area contributed by atoms with Crippen LogP contribution in [-0.4, -0.2) is 19.0 Å². The number of nitriles is 1. The maximum absolute atomic E-state index is 10.8. The first-order valence-corrected chi connectivity index (χ1v) is 7.32. The van der Waals surface area contributed by atoms with Gasteiger partial charge in [0.15, 0.2) is 0 Å². The summed E-state index contributed by atoms with van der Waals surface area (Å²) in [6.07, 6.45) is 5.30. The fourth-order valence-corrected chi connectivity index (χ4v) is 2.12. The van der Waals surface area contributed by atoms with Crippen LogP contribution >= 0.6 is 0 Å². The van der Waals surface area contributed by atoms with Crippen LogP contribution in [0.15, 0.2) is 60.7 Å². The van der Waals surface area contributed by atoms with Crippen molar-refractivity contribution in [2.45, 2.75) is 0 Å². The number of nitro benzene ring substituents is 1. The molecule has 0 heterocycles. The Labute approximate surface area is 140 Å². The fraction of sp³-hybridized carbons (Fsp3) is 0.105. The molecule has 0 amide bonds. The van der Waals surface area contributed by atoms with Gasteiger partial charge >= 0.3 is 0 Å². The highest BCUT2D eigenvalue weighted by Crippen LogP contribution is 2.20. The molecule has 0 aromatic heterocycles. The molecule has 5 heteroatoms. The van der Waals surface area contributed by atoms with Crippen molar-refractivity contribution in [1.29, 1.82) is 5.26 Å². The van der Waals surface area contributed by atoms with Crippen molar-refractivity contribution in [3.8, 4) is 6.07 Å². The van der Waals surface area contributed by atoms with Gasteiger partial charge in [0, 0.05) is 31.9 Å². The minimum Gasteiger partial charge on any atom is -0.378 e. The molecular weight excluding hydrogens is 302 g/mol. The van der Waals surface area contributed by atoms with Crippen molar-refractivity contribution < 1.29 is 4.92 Å². The van der Waals surface area contributed by atoms with E-state index in [9.17, 15) is 15.4 Å². The Bertz CT molecular complexity index is 828. The van der Waals surface area contributed by atoms with Crippen molar-refractivity contribution in [3.63, 3.8) is 0 Å². The van der Waals surface area contributed by atoms with Crippen LogP contribution in [-0.2, 0) is 0 Å². The molecule has 0 spiro atoms. The van der Waals surface area contributed by atoms with Crippen molar-refractivity contribution in [3.05, 3.63) is 81.9 Å². The second kappa shape index (κ2) is 7.75. The van der Waals surface area contributed by atoms with Gasteiger partial charge in [-0.3, -0.25) is 10.1 Å². The predicted molar refractivity (Wildman–Crippen MR) is 96.5 cm³/mol. The van der Waals surface area contributed by atoms with Crippen LogP contribution in [0, 0.1) is 21.4 Å². The van der Waals surface area contributed by atoms with Gasteiger partial charge in [-0.25, -0.2) is 0 Å². The molecule has 0 unspecified atom stereocenters. The van der Waals surface area contributed by atoms with E-state index < -0.39 is 4.92 Å². The maximum Gasteiger partial charge on any atom is 0.270 e. The molecule has 0 radical (unpaired) electrons. The molecule has 0 saturated carbocycles. The lowest BCUT2D eigenvalue weighted by molar-refractivity contribution is -0.384. The van der Waals surface area contributed by atoms with Gasteiger partial charge in [-0.2, -0.15) is 5.26 Å². The molecule has 0 fully saturated rings. The van der Waals surface area contributed by atoms with Crippen molar-refractivity contribution in [2.24, 2.45) is 0 Å². The lowest BCUT2D eigenvalue weighted by Gasteiger charge is -2.11. The summed E-state index contributed by atoms with van der Waals surface area (Å²) in [5.74, 6) is 0. The first-order valence-electron chi connectivity index (χ1n) is 7.32. The number of nitro groups is 1. The zero-order valence-electron chi connectivity index (χ0n) is 13.5. The lowest BCUT2D eigenvalue weighted by Crippen LogP contribution is -2.07. The highest BCUT2D eigenvalue weighted by molar-refractivity contribution is 5.79. The standard InChI is InChI=1S/C19H17N3O2/c1-21(2)18-11-9-15(10-12-18)5-3-7-17(14-20)16-6-4-8-19(13-16)22(23)24/h3-13H,1-2H3/b5-3+,17-7-.